The molecule has 2 saturated carbocycles. The van der Waals surface area contributed by atoms with Crippen LogP contribution >= 0.6 is 0 Å². The Balaban J connectivity index is 1.89. The summed E-state index contributed by atoms with van der Waals surface area (Å²) < 4.78 is 12.0. The van der Waals surface area contributed by atoms with Crippen molar-refractivity contribution in [2.24, 2.45) is 23.2 Å². The lowest BCUT2D eigenvalue weighted by atomic mass is 9.57. The Morgan fingerprint density at radius 1 is 1.25 bits per heavy atom. The third kappa shape index (κ3) is 1.98. The molecule has 0 amide bonds. The van der Waals surface area contributed by atoms with Gasteiger partial charge in [0.2, 0.25) is 0 Å². The highest BCUT2D eigenvalue weighted by molar-refractivity contribution is 5.10. The summed E-state index contributed by atoms with van der Waals surface area (Å²) in [6.45, 7) is 10.3. The molecule has 2 spiro atoms. The van der Waals surface area contributed by atoms with Crippen molar-refractivity contribution in [3.8, 4) is 0 Å². The summed E-state index contributed by atoms with van der Waals surface area (Å²) in [5.74, 6) is 0.971. The molecule has 0 aromatic heterocycles. The molecule has 1 N–H and O–H groups in total. The highest BCUT2D eigenvalue weighted by Gasteiger charge is 2.61. The van der Waals surface area contributed by atoms with Gasteiger partial charge < -0.3 is 14.6 Å². The fourth-order valence-corrected chi connectivity index (χ4v) is 5.09. The van der Waals surface area contributed by atoms with E-state index in [1.165, 1.54) is 12.0 Å². The quantitative estimate of drug-likeness (QED) is 0.790. The average Bonchev–Trinajstić information content (AvgIpc) is 3.02. The molecule has 114 valence electrons. The van der Waals surface area contributed by atoms with Crippen LogP contribution in [0.5, 0.6) is 0 Å². The fraction of sp³-hybridized carbons (Fsp3) is 0.882. The largest absolute Gasteiger partial charge is 0.396 e. The zero-order valence-corrected chi connectivity index (χ0v) is 12.9. The molecule has 4 atom stereocenters. The minimum Gasteiger partial charge on any atom is -0.396 e. The van der Waals surface area contributed by atoms with Gasteiger partial charge >= 0.3 is 0 Å². The molecule has 0 aromatic carbocycles. The van der Waals surface area contributed by atoms with Crippen LogP contribution in [0.3, 0.4) is 0 Å². The van der Waals surface area contributed by atoms with Gasteiger partial charge in [-0.1, -0.05) is 19.1 Å². The van der Waals surface area contributed by atoms with Crippen molar-refractivity contribution in [2.45, 2.75) is 51.7 Å². The van der Waals surface area contributed by atoms with Crippen LogP contribution in [0.15, 0.2) is 12.2 Å². The maximum Gasteiger partial charge on any atom is 0.171 e. The van der Waals surface area contributed by atoms with E-state index in [9.17, 15) is 5.11 Å². The van der Waals surface area contributed by atoms with E-state index < -0.39 is 0 Å². The van der Waals surface area contributed by atoms with Crippen LogP contribution in [0.1, 0.15) is 46.0 Å². The fourth-order valence-electron chi connectivity index (χ4n) is 5.09. The first-order chi connectivity index (χ1) is 9.54. The zero-order valence-electron chi connectivity index (χ0n) is 12.9. The molecule has 3 heteroatoms. The molecule has 1 unspecified atom stereocenters. The van der Waals surface area contributed by atoms with E-state index in [1.54, 1.807) is 0 Å². The van der Waals surface area contributed by atoms with Gasteiger partial charge in [-0.3, -0.25) is 0 Å². The third-order valence-electron chi connectivity index (χ3n) is 6.46. The van der Waals surface area contributed by atoms with Crippen molar-refractivity contribution in [1.29, 1.82) is 0 Å². The van der Waals surface area contributed by atoms with Gasteiger partial charge in [0.25, 0.3) is 0 Å². The van der Waals surface area contributed by atoms with Crippen LogP contribution in [0, 0.1) is 23.2 Å². The molecule has 1 saturated heterocycles. The molecular formula is C17H28O3. The van der Waals surface area contributed by atoms with E-state index in [4.69, 9.17) is 9.47 Å². The molecular weight excluding hydrogens is 252 g/mol. The van der Waals surface area contributed by atoms with Crippen LogP contribution in [0.25, 0.3) is 0 Å². The van der Waals surface area contributed by atoms with E-state index in [1.807, 2.05) is 0 Å². The lowest BCUT2D eigenvalue weighted by Crippen LogP contribution is -2.47. The number of allylic oxidation sites excluding steroid dienone is 1. The summed E-state index contributed by atoms with van der Waals surface area (Å²) >= 11 is 0. The monoisotopic (exact) mass is 280 g/mol. The molecule has 3 nitrogen and oxygen atoms in total. The van der Waals surface area contributed by atoms with Gasteiger partial charge in [-0.2, -0.15) is 0 Å². The lowest BCUT2D eigenvalue weighted by Gasteiger charge is -2.49. The summed E-state index contributed by atoms with van der Waals surface area (Å²) in [7, 11) is 0. The zero-order chi connectivity index (χ0) is 14.4. The molecule has 20 heavy (non-hydrogen) atoms. The third-order valence-corrected chi connectivity index (χ3v) is 6.46. The van der Waals surface area contributed by atoms with Crippen molar-refractivity contribution in [1.82, 2.24) is 0 Å². The van der Waals surface area contributed by atoms with Crippen LogP contribution in [0.2, 0.25) is 0 Å². The van der Waals surface area contributed by atoms with Crippen molar-refractivity contribution < 1.29 is 14.6 Å². The molecule has 3 fully saturated rings. The molecule has 1 heterocycles. The summed E-state index contributed by atoms with van der Waals surface area (Å²) in [4.78, 5) is 0. The minimum absolute atomic E-state index is 0.168. The Labute approximate surface area is 122 Å². The van der Waals surface area contributed by atoms with E-state index in [2.05, 4.69) is 20.4 Å². The number of hydrogen-bond acceptors (Lipinski definition) is 3. The van der Waals surface area contributed by atoms with Crippen molar-refractivity contribution in [3.05, 3.63) is 12.2 Å². The van der Waals surface area contributed by atoms with Gasteiger partial charge in [0.1, 0.15) is 0 Å². The molecule has 0 radical (unpaired) electrons. The molecule has 3 rings (SSSR count). The Hall–Kier alpha value is -0.380. The second kappa shape index (κ2) is 5.11. The van der Waals surface area contributed by atoms with Crippen LogP contribution in [-0.2, 0) is 9.47 Å². The first-order valence-corrected chi connectivity index (χ1v) is 8.08. The normalized spacial score (nSPS) is 43.5. The van der Waals surface area contributed by atoms with E-state index in [-0.39, 0.29) is 11.2 Å². The summed E-state index contributed by atoms with van der Waals surface area (Å²) in [6, 6.07) is 0. The second-order valence-electron chi connectivity index (χ2n) is 7.17. The Kier molecular flexibility index (Phi) is 3.72. The van der Waals surface area contributed by atoms with Crippen LogP contribution in [0.4, 0.5) is 0 Å². The molecule has 0 bridgehead atoms. The summed E-state index contributed by atoms with van der Waals surface area (Å²) in [5.41, 5.74) is 1.46. The lowest BCUT2D eigenvalue weighted by molar-refractivity contribution is -0.198. The highest BCUT2D eigenvalue weighted by Crippen LogP contribution is 2.62. The minimum atomic E-state index is -0.371. The maximum absolute atomic E-state index is 9.89. The van der Waals surface area contributed by atoms with Gasteiger partial charge in [0.05, 0.1) is 13.2 Å². The van der Waals surface area contributed by atoms with Crippen LogP contribution in [-0.4, -0.2) is 30.7 Å². The SMILES string of the molecule is C=C(C)[C@H]1CC[C@H](CO)[C@]2(CCC3(OCCO3)C2C)C1. The standard InChI is InChI=1S/C17H28O3/c1-12(2)14-4-5-15(11-18)16(10-14)6-7-17(13(16)3)19-8-9-20-17/h13-15,18H,1,4-11H2,2-3H3/t13?,14-,15+,16+/m0/s1. The van der Waals surface area contributed by atoms with Crippen molar-refractivity contribution >= 4 is 0 Å². The molecule has 0 aromatic rings. The number of rotatable bonds is 2. The summed E-state index contributed by atoms with van der Waals surface area (Å²) in [6.07, 6.45) is 5.51. The number of aliphatic hydroxyl groups excluding tert-OH is 1. The Morgan fingerprint density at radius 3 is 2.55 bits per heavy atom. The van der Waals surface area contributed by atoms with Gasteiger partial charge in [0.15, 0.2) is 5.79 Å². The highest BCUT2D eigenvalue weighted by atomic mass is 16.7. The predicted octanol–water partition coefficient (Wildman–Crippen LogP) is 3.13. The van der Waals surface area contributed by atoms with Gasteiger partial charge in [0, 0.05) is 18.9 Å². The summed E-state index contributed by atoms with van der Waals surface area (Å²) in [5, 5.41) is 9.89. The van der Waals surface area contributed by atoms with Crippen LogP contribution < -0.4 is 0 Å². The van der Waals surface area contributed by atoms with E-state index in [0.717, 1.165) is 25.7 Å². The molecule has 3 aliphatic rings. The van der Waals surface area contributed by atoms with Gasteiger partial charge in [-0.15, -0.1) is 0 Å². The number of ether oxygens (including phenoxy) is 2. The first-order valence-electron chi connectivity index (χ1n) is 8.08. The number of aliphatic hydroxyl groups is 1. The first kappa shape index (κ1) is 14.6. The van der Waals surface area contributed by atoms with E-state index >= 15 is 0 Å². The second-order valence-corrected chi connectivity index (χ2v) is 7.17. The topological polar surface area (TPSA) is 38.7 Å². The van der Waals surface area contributed by atoms with Crippen molar-refractivity contribution in [3.63, 3.8) is 0 Å². The molecule has 2 aliphatic carbocycles. The Morgan fingerprint density at radius 2 is 1.95 bits per heavy atom. The average molecular weight is 280 g/mol. The van der Waals surface area contributed by atoms with Crippen molar-refractivity contribution in [2.75, 3.05) is 19.8 Å². The Bertz CT molecular complexity index is 386. The predicted molar refractivity (Wildman–Crippen MR) is 78.2 cm³/mol. The van der Waals surface area contributed by atoms with Gasteiger partial charge in [-0.05, 0) is 49.9 Å². The maximum atomic E-state index is 9.89. The smallest absolute Gasteiger partial charge is 0.171 e. The van der Waals surface area contributed by atoms with Gasteiger partial charge in [-0.25, -0.2) is 0 Å². The number of hydrogen-bond donors (Lipinski definition) is 1. The molecule has 1 aliphatic heterocycles. The van der Waals surface area contributed by atoms with E-state index in [0.29, 0.717) is 37.6 Å².